The molecule has 0 spiro atoms. The minimum Gasteiger partial charge on any atom is -0.493 e. The van der Waals surface area contributed by atoms with Crippen molar-refractivity contribution in [2.24, 2.45) is 0 Å². The number of methoxy groups -OCH3 is 2. The number of nitrogens with one attached hydrogen (secondary N) is 2. The van der Waals surface area contributed by atoms with Gasteiger partial charge in [-0.1, -0.05) is 30.3 Å². The predicted octanol–water partition coefficient (Wildman–Crippen LogP) is 3.69. The molecular formula is C28H38N6O2. The molecule has 5 rings (SSSR count). The van der Waals surface area contributed by atoms with Gasteiger partial charge in [0.1, 0.15) is 11.6 Å². The van der Waals surface area contributed by atoms with Crippen molar-refractivity contribution in [1.29, 1.82) is 0 Å². The molecular weight excluding hydrogens is 452 g/mol. The van der Waals surface area contributed by atoms with Crippen LogP contribution in [0.4, 0.5) is 5.82 Å². The lowest BCUT2D eigenvalue weighted by molar-refractivity contribution is 0.211. The number of likely N-dealkylation sites (N-methyl/N-ethyl adjacent to an activating group) is 1. The standard InChI is InChI=1S/C28H38N6O2/c1-33-13-7-12-29-24(19-33)28-31-23-17-26(36-3)25(35-2)16-22(23)27(32-28)30-21-10-14-34(15-11-21)18-20-8-5-4-6-9-20/h4-6,8-9,16-17,21,24,29H,7,10-15,18-19H2,1-3H3,(H,30,31,32). The summed E-state index contributed by atoms with van der Waals surface area (Å²) in [5.74, 6) is 3.08. The number of nitrogens with zero attached hydrogens (tertiary/aromatic N) is 4. The van der Waals surface area contributed by atoms with E-state index in [9.17, 15) is 0 Å². The van der Waals surface area contributed by atoms with Gasteiger partial charge in [-0.3, -0.25) is 4.90 Å². The van der Waals surface area contributed by atoms with Gasteiger partial charge in [0, 0.05) is 43.7 Å². The SMILES string of the molecule is COc1cc2nc(C3CN(C)CCCN3)nc(NC3CCN(Cc4ccccc4)CC3)c2cc1OC. The Labute approximate surface area is 214 Å². The maximum atomic E-state index is 5.60. The van der Waals surface area contributed by atoms with Gasteiger partial charge >= 0.3 is 0 Å². The third kappa shape index (κ3) is 5.72. The average Bonchev–Trinajstić information content (AvgIpc) is 3.14. The molecule has 8 nitrogen and oxygen atoms in total. The fourth-order valence-electron chi connectivity index (χ4n) is 5.28. The molecule has 1 unspecified atom stereocenters. The molecule has 8 heteroatoms. The van der Waals surface area contributed by atoms with Crippen LogP contribution in [0.1, 0.15) is 36.7 Å². The lowest BCUT2D eigenvalue weighted by atomic mass is 10.0. The van der Waals surface area contributed by atoms with Gasteiger partial charge in [-0.25, -0.2) is 9.97 Å². The van der Waals surface area contributed by atoms with Crippen molar-refractivity contribution in [3.05, 3.63) is 53.9 Å². The molecule has 0 aliphatic carbocycles. The third-order valence-corrected chi connectivity index (χ3v) is 7.31. The van der Waals surface area contributed by atoms with Crippen LogP contribution >= 0.6 is 0 Å². The second-order valence-corrected chi connectivity index (χ2v) is 9.96. The molecule has 2 N–H and O–H groups in total. The van der Waals surface area contributed by atoms with Crippen molar-refractivity contribution < 1.29 is 9.47 Å². The molecule has 0 saturated carbocycles. The zero-order valence-electron chi connectivity index (χ0n) is 21.7. The maximum absolute atomic E-state index is 5.60. The lowest BCUT2D eigenvalue weighted by Gasteiger charge is -2.33. The largest absolute Gasteiger partial charge is 0.493 e. The molecule has 3 aromatic rings. The quantitative estimate of drug-likeness (QED) is 0.520. The Morgan fingerprint density at radius 2 is 1.75 bits per heavy atom. The second kappa shape index (κ2) is 11.4. The molecule has 2 aliphatic heterocycles. The van der Waals surface area contributed by atoms with Gasteiger partial charge in [0.15, 0.2) is 11.5 Å². The van der Waals surface area contributed by atoms with Gasteiger partial charge < -0.3 is 25.0 Å². The van der Waals surface area contributed by atoms with Gasteiger partial charge in [0.2, 0.25) is 0 Å². The summed E-state index contributed by atoms with van der Waals surface area (Å²) in [6.07, 6.45) is 3.27. The van der Waals surface area contributed by atoms with E-state index < -0.39 is 0 Å². The molecule has 3 heterocycles. The number of benzene rings is 2. The summed E-state index contributed by atoms with van der Waals surface area (Å²) in [6, 6.07) is 15.1. The molecule has 0 bridgehead atoms. The number of anilines is 1. The number of rotatable bonds is 7. The number of ether oxygens (including phenoxy) is 2. The molecule has 0 amide bonds. The lowest BCUT2D eigenvalue weighted by Crippen LogP contribution is -2.39. The van der Waals surface area contributed by atoms with Crippen molar-refractivity contribution in [3.8, 4) is 11.5 Å². The number of fused-ring (bicyclic) bond motifs is 1. The summed E-state index contributed by atoms with van der Waals surface area (Å²) in [6.45, 7) is 6.06. The second-order valence-electron chi connectivity index (χ2n) is 9.96. The molecule has 2 saturated heterocycles. The van der Waals surface area contributed by atoms with Gasteiger partial charge in [-0.05, 0) is 51.0 Å². The van der Waals surface area contributed by atoms with Crippen LogP contribution in [0.5, 0.6) is 11.5 Å². The van der Waals surface area contributed by atoms with Gasteiger partial charge in [-0.15, -0.1) is 0 Å². The highest BCUT2D eigenvalue weighted by Gasteiger charge is 2.24. The monoisotopic (exact) mass is 490 g/mol. The summed E-state index contributed by atoms with van der Waals surface area (Å²) in [4.78, 5) is 15.0. The van der Waals surface area contributed by atoms with E-state index in [0.717, 1.165) is 81.1 Å². The summed E-state index contributed by atoms with van der Waals surface area (Å²) in [5.41, 5.74) is 2.24. The zero-order valence-corrected chi connectivity index (χ0v) is 21.7. The van der Waals surface area contributed by atoms with Crippen LogP contribution in [0.25, 0.3) is 10.9 Å². The minimum atomic E-state index is 0.0864. The number of hydrogen-bond donors (Lipinski definition) is 2. The first kappa shape index (κ1) is 24.7. The van der Waals surface area contributed by atoms with Crippen LogP contribution in [-0.2, 0) is 6.54 Å². The van der Waals surface area contributed by atoms with E-state index in [1.54, 1.807) is 14.2 Å². The first-order chi connectivity index (χ1) is 17.6. The van der Waals surface area contributed by atoms with E-state index in [1.807, 2.05) is 12.1 Å². The highest BCUT2D eigenvalue weighted by atomic mass is 16.5. The summed E-state index contributed by atoms with van der Waals surface area (Å²) >= 11 is 0. The van der Waals surface area contributed by atoms with E-state index in [-0.39, 0.29) is 6.04 Å². The van der Waals surface area contributed by atoms with Gasteiger partial charge in [-0.2, -0.15) is 0 Å². The zero-order chi connectivity index (χ0) is 24.9. The molecule has 1 atom stereocenters. The number of hydrogen-bond acceptors (Lipinski definition) is 8. The van der Waals surface area contributed by atoms with E-state index in [4.69, 9.17) is 19.4 Å². The van der Waals surface area contributed by atoms with Crippen LogP contribution in [0.3, 0.4) is 0 Å². The maximum Gasteiger partial charge on any atom is 0.162 e. The van der Waals surface area contributed by atoms with Crippen LogP contribution in [-0.4, -0.2) is 79.8 Å². The van der Waals surface area contributed by atoms with Crippen molar-refractivity contribution in [3.63, 3.8) is 0 Å². The van der Waals surface area contributed by atoms with Crippen LogP contribution in [0, 0.1) is 0 Å². The van der Waals surface area contributed by atoms with Crippen LogP contribution < -0.4 is 20.1 Å². The third-order valence-electron chi connectivity index (χ3n) is 7.31. The average molecular weight is 491 g/mol. The van der Waals surface area contributed by atoms with E-state index in [2.05, 4.69) is 57.8 Å². The molecule has 1 aromatic heterocycles. The highest BCUT2D eigenvalue weighted by molar-refractivity contribution is 5.92. The molecule has 0 radical (unpaired) electrons. The van der Waals surface area contributed by atoms with Gasteiger partial charge in [0.25, 0.3) is 0 Å². The fourth-order valence-corrected chi connectivity index (χ4v) is 5.28. The fraction of sp³-hybridized carbons (Fsp3) is 0.500. The molecule has 2 fully saturated rings. The Balaban J connectivity index is 1.39. The summed E-state index contributed by atoms with van der Waals surface area (Å²) < 4.78 is 11.2. The Hall–Kier alpha value is -2.94. The first-order valence-corrected chi connectivity index (χ1v) is 13.0. The molecule has 192 valence electrons. The minimum absolute atomic E-state index is 0.0864. The first-order valence-electron chi connectivity index (χ1n) is 13.0. The van der Waals surface area contributed by atoms with E-state index >= 15 is 0 Å². The highest BCUT2D eigenvalue weighted by Crippen LogP contribution is 2.35. The van der Waals surface area contributed by atoms with Crippen molar-refractivity contribution in [2.75, 3.05) is 59.3 Å². The predicted molar refractivity (Wildman–Crippen MR) is 144 cm³/mol. The molecule has 2 aliphatic rings. The van der Waals surface area contributed by atoms with E-state index in [1.165, 1.54) is 5.56 Å². The number of aromatic nitrogens is 2. The smallest absolute Gasteiger partial charge is 0.162 e. The summed E-state index contributed by atoms with van der Waals surface area (Å²) in [7, 11) is 5.49. The van der Waals surface area contributed by atoms with E-state index in [0.29, 0.717) is 17.5 Å². The Morgan fingerprint density at radius 3 is 2.50 bits per heavy atom. The topological polar surface area (TPSA) is 74.8 Å². The number of piperidine rings is 1. The number of likely N-dealkylation sites (tertiary alicyclic amines) is 1. The Morgan fingerprint density at radius 1 is 1.00 bits per heavy atom. The van der Waals surface area contributed by atoms with Crippen LogP contribution in [0.2, 0.25) is 0 Å². The van der Waals surface area contributed by atoms with Crippen molar-refractivity contribution >= 4 is 16.7 Å². The summed E-state index contributed by atoms with van der Waals surface area (Å²) in [5, 5.41) is 8.40. The molecule has 36 heavy (non-hydrogen) atoms. The molecule has 2 aromatic carbocycles. The Kier molecular flexibility index (Phi) is 7.84. The van der Waals surface area contributed by atoms with Crippen LogP contribution in [0.15, 0.2) is 42.5 Å². The van der Waals surface area contributed by atoms with Crippen molar-refractivity contribution in [2.45, 2.75) is 37.9 Å². The van der Waals surface area contributed by atoms with Gasteiger partial charge in [0.05, 0.1) is 25.8 Å². The normalized spacial score (nSPS) is 20.2. The van der Waals surface area contributed by atoms with Crippen molar-refractivity contribution in [1.82, 2.24) is 25.1 Å². The Bertz CT molecular complexity index is 1150.